The topological polar surface area (TPSA) is 46.2 Å². The van der Waals surface area contributed by atoms with Crippen molar-refractivity contribution in [3.63, 3.8) is 0 Å². The summed E-state index contributed by atoms with van der Waals surface area (Å²) in [4.78, 5) is 1.24. The molecule has 2 heterocycles. The molecule has 0 bridgehead atoms. The first kappa shape index (κ1) is 13.3. The van der Waals surface area contributed by atoms with Crippen LogP contribution in [0.5, 0.6) is 0 Å². The first-order chi connectivity index (χ1) is 8.05. The molecule has 0 saturated carbocycles. The predicted molar refractivity (Wildman–Crippen MR) is 72.7 cm³/mol. The average molecular weight is 294 g/mol. The van der Waals surface area contributed by atoms with E-state index in [1.165, 1.54) is 4.88 Å². The molecule has 1 aliphatic heterocycles. The van der Waals surface area contributed by atoms with E-state index in [0.29, 0.717) is 5.75 Å². The number of sulfone groups is 1. The number of thiophene rings is 1. The summed E-state index contributed by atoms with van der Waals surface area (Å²) in [5.41, 5.74) is 0. The molecule has 2 rings (SSSR count). The summed E-state index contributed by atoms with van der Waals surface area (Å²) in [5.74, 6) is 0.643. The number of halogens is 1. The first-order valence-electron chi connectivity index (χ1n) is 5.73. The molecule has 0 radical (unpaired) electrons. The van der Waals surface area contributed by atoms with Crippen LogP contribution >= 0.6 is 22.9 Å². The lowest BCUT2D eigenvalue weighted by Gasteiger charge is -2.22. The molecule has 1 fully saturated rings. The molecule has 0 aromatic carbocycles. The van der Waals surface area contributed by atoms with Gasteiger partial charge >= 0.3 is 0 Å². The third-order valence-corrected chi connectivity index (χ3v) is 6.01. The van der Waals surface area contributed by atoms with E-state index in [9.17, 15) is 8.42 Å². The van der Waals surface area contributed by atoms with Crippen molar-refractivity contribution in [2.24, 2.45) is 0 Å². The van der Waals surface area contributed by atoms with Crippen molar-refractivity contribution in [1.82, 2.24) is 5.32 Å². The second-order valence-electron chi connectivity index (χ2n) is 4.36. The van der Waals surface area contributed by atoms with Crippen LogP contribution in [0, 0.1) is 0 Å². The second kappa shape index (κ2) is 5.69. The van der Waals surface area contributed by atoms with Crippen LogP contribution in [0.2, 0.25) is 4.34 Å². The van der Waals surface area contributed by atoms with Crippen molar-refractivity contribution in [3.8, 4) is 0 Å². The average Bonchev–Trinajstić information content (AvgIpc) is 2.63. The molecule has 1 N–H and O–H groups in total. The quantitative estimate of drug-likeness (QED) is 0.925. The normalized spacial score (nSPS) is 23.7. The Morgan fingerprint density at radius 3 is 2.94 bits per heavy atom. The van der Waals surface area contributed by atoms with Crippen LogP contribution in [0.25, 0.3) is 0 Å². The summed E-state index contributed by atoms with van der Waals surface area (Å²) in [7, 11) is -2.80. The molecular formula is C11H16ClNO2S2. The fourth-order valence-electron chi connectivity index (χ4n) is 2.07. The molecule has 1 aliphatic rings. The highest BCUT2D eigenvalue weighted by molar-refractivity contribution is 7.91. The van der Waals surface area contributed by atoms with Crippen LogP contribution in [0.4, 0.5) is 0 Å². The van der Waals surface area contributed by atoms with E-state index >= 15 is 0 Å². The lowest BCUT2D eigenvalue weighted by molar-refractivity contribution is 0.484. The largest absolute Gasteiger partial charge is 0.313 e. The molecule has 6 heteroatoms. The first-order valence-corrected chi connectivity index (χ1v) is 8.75. The van der Waals surface area contributed by atoms with Gasteiger partial charge in [0.15, 0.2) is 9.84 Å². The summed E-state index contributed by atoms with van der Waals surface area (Å²) >= 11 is 7.43. The molecule has 3 nitrogen and oxygen atoms in total. The van der Waals surface area contributed by atoms with Gasteiger partial charge in [-0.15, -0.1) is 11.3 Å². The molecule has 1 aromatic rings. The summed E-state index contributed by atoms with van der Waals surface area (Å²) < 4.78 is 23.7. The van der Waals surface area contributed by atoms with Gasteiger partial charge < -0.3 is 5.32 Å². The Balaban J connectivity index is 1.75. The maximum atomic E-state index is 11.4. The Labute approximate surface area is 111 Å². The fraction of sp³-hybridized carbons (Fsp3) is 0.636. The lowest BCUT2D eigenvalue weighted by Crippen LogP contribution is -2.40. The van der Waals surface area contributed by atoms with Crippen LogP contribution < -0.4 is 5.32 Å². The minimum atomic E-state index is -2.80. The minimum absolute atomic E-state index is 0.129. The minimum Gasteiger partial charge on any atom is -0.313 e. The zero-order valence-electron chi connectivity index (χ0n) is 9.49. The molecule has 0 aliphatic carbocycles. The van der Waals surface area contributed by atoms with Crippen LogP contribution in [0.1, 0.15) is 17.7 Å². The lowest BCUT2D eigenvalue weighted by atomic mass is 10.2. The Bertz CT molecular complexity index is 470. The van der Waals surface area contributed by atoms with E-state index < -0.39 is 9.84 Å². The van der Waals surface area contributed by atoms with Gasteiger partial charge in [-0.1, -0.05) is 11.6 Å². The maximum absolute atomic E-state index is 11.4. The molecule has 1 saturated heterocycles. The zero-order valence-corrected chi connectivity index (χ0v) is 11.9. The van der Waals surface area contributed by atoms with Gasteiger partial charge in [-0.2, -0.15) is 0 Å². The number of hydrogen-bond acceptors (Lipinski definition) is 4. The molecule has 1 atom stereocenters. The highest BCUT2D eigenvalue weighted by atomic mass is 35.5. The molecule has 1 unspecified atom stereocenters. The number of hydrogen-bond donors (Lipinski definition) is 1. The molecular weight excluding hydrogens is 278 g/mol. The molecule has 0 amide bonds. The van der Waals surface area contributed by atoms with Crippen molar-refractivity contribution < 1.29 is 8.42 Å². The van der Waals surface area contributed by atoms with E-state index in [-0.39, 0.29) is 11.8 Å². The van der Waals surface area contributed by atoms with Gasteiger partial charge in [0.25, 0.3) is 0 Å². The van der Waals surface area contributed by atoms with Gasteiger partial charge in [-0.05, 0) is 31.4 Å². The van der Waals surface area contributed by atoms with E-state index in [4.69, 9.17) is 11.6 Å². The van der Waals surface area contributed by atoms with Crippen molar-refractivity contribution >= 4 is 32.8 Å². The van der Waals surface area contributed by atoms with Crippen LogP contribution in [0.15, 0.2) is 12.1 Å². The molecule has 0 spiro atoms. The smallest absolute Gasteiger partial charge is 0.151 e. The van der Waals surface area contributed by atoms with E-state index in [2.05, 4.69) is 5.32 Å². The summed E-state index contributed by atoms with van der Waals surface area (Å²) in [6.45, 7) is 0.816. The Morgan fingerprint density at radius 1 is 1.47 bits per heavy atom. The van der Waals surface area contributed by atoms with Crippen LogP contribution in [-0.4, -0.2) is 32.5 Å². The highest BCUT2D eigenvalue weighted by Crippen LogP contribution is 2.21. The SMILES string of the molecule is O=S1(=O)CCCC(NCCc2ccc(Cl)s2)C1. The van der Waals surface area contributed by atoms with Gasteiger partial charge in [0, 0.05) is 17.5 Å². The van der Waals surface area contributed by atoms with Crippen LogP contribution in [0.3, 0.4) is 0 Å². The van der Waals surface area contributed by atoms with Crippen molar-refractivity contribution in [3.05, 3.63) is 21.3 Å². The van der Waals surface area contributed by atoms with Crippen LogP contribution in [-0.2, 0) is 16.3 Å². The van der Waals surface area contributed by atoms with Crippen molar-refractivity contribution in [2.45, 2.75) is 25.3 Å². The van der Waals surface area contributed by atoms with E-state index in [1.54, 1.807) is 11.3 Å². The monoisotopic (exact) mass is 293 g/mol. The van der Waals surface area contributed by atoms with Gasteiger partial charge in [0.1, 0.15) is 0 Å². The van der Waals surface area contributed by atoms with Crippen molar-refractivity contribution in [2.75, 3.05) is 18.1 Å². The fourth-order valence-corrected chi connectivity index (χ4v) is 4.83. The van der Waals surface area contributed by atoms with E-state index in [0.717, 1.165) is 30.1 Å². The molecule has 17 heavy (non-hydrogen) atoms. The van der Waals surface area contributed by atoms with Crippen molar-refractivity contribution in [1.29, 1.82) is 0 Å². The standard InChI is InChI=1S/C11H16ClNO2S2/c12-11-4-3-10(16-11)5-6-13-9-2-1-7-17(14,15)8-9/h3-4,9,13H,1-2,5-8H2. The molecule has 1 aromatic heterocycles. The van der Waals surface area contributed by atoms with Gasteiger partial charge in [-0.25, -0.2) is 8.42 Å². The summed E-state index contributed by atoms with van der Waals surface area (Å²) in [6.07, 6.45) is 2.66. The maximum Gasteiger partial charge on any atom is 0.151 e. The zero-order chi connectivity index (χ0) is 12.3. The summed E-state index contributed by atoms with van der Waals surface area (Å²) in [5, 5.41) is 3.32. The third-order valence-electron chi connectivity index (χ3n) is 2.90. The predicted octanol–water partition coefficient (Wildman–Crippen LogP) is 2.11. The Kier molecular flexibility index (Phi) is 4.47. The Hall–Kier alpha value is -0.100. The third kappa shape index (κ3) is 4.25. The van der Waals surface area contributed by atoms with Gasteiger partial charge in [0.05, 0.1) is 15.8 Å². The summed E-state index contributed by atoms with van der Waals surface area (Å²) in [6, 6.07) is 4.04. The van der Waals surface area contributed by atoms with Gasteiger partial charge in [0.2, 0.25) is 0 Å². The number of rotatable bonds is 4. The van der Waals surface area contributed by atoms with Gasteiger partial charge in [-0.3, -0.25) is 0 Å². The van der Waals surface area contributed by atoms with E-state index in [1.807, 2.05) is 12.1 Å². The molecule has 96 valence electrons. The second-order valence-corrected chi connectivity index (χ2v) is 8.39. The Morgan fingerprint density at radius 2 is 2.29 bits per heavy atom. The highest BCUT2D eigenvalue weighted by Gasteiger charge is 2.23. The number of nitrogens with one attached hydrogen (secondary N) is 1.